The van der Waals surface area contributed by atoms with E-state index in [4.69, 9.17) is 11.9 Å². The third-order valence-electron chi connectivity index (χ3n) is 0.781. The van der Waals surface area contributed by atoms with Gasteiger partial charge in [-0.25, -0.2) is 0 Å². The third kappa shape index (κ3) is 2.32. The summed E-state index contributed by atoms with van der Waals surface area (Å²) in [5.74, 6) is 0. The number of aromatic nitrogens is 3. The van der Waals surface area contributed by atoms with E-state index in [1.165, 1.54) is 0 Å². The highest BCUT2D eigenvalue weighted by molar-refractivity contribution is 9.06. The molecule has 1 heterocycles. The highest BCUT2D eigenvalue weighted by Crippen LogP contribution is 2.17. The van der Waals surface area contributed by atoms with Crippen molar-refractivity contribution in [2.75, 3.05) is 0 Å². The Hall–Kier alpha value is -0.340. The number of nitrogens with zero attached hydrogens (tertiary/aromatic N) is 3. The summed E-state index contributed by atoms with van der Waals surface area (Å²) in [5, 5.41) is 0. The van der Waals surface area contributed by atoms with Gasteiger partial charge >= 0.3 is 18.0 Å². The predicted molar refractivity (Wildman–Crippen MR) is 45.4 cm³/mol. The summed E-state index contributed by atoms with van der Waals surface area (Å²) in [6.45, 7) is 0. The largest absolute Gasteiger partial charge is 0.381 e. The zero-order valence-corrected chi connectivity index (χ0v) is 9.13. The molecule has 0 N–H and O–H groups in total. The lowest BCUT2D eigenvalue weighted by atomic mass is 10.9. The topological polar surface area (TPSA) is 66.4 Å². The van der Waals surface area contributed by atoms with Gasteiger partial charge in [0, 0.05) is 0 Å². The van der Waals surface area contributed by atoms with Crippen molar-refractivity contribution in [2.24, 2.45) is 0 Å². The molecular formula is C3Br2ClN3O3. The van der Waals surface area contributed by atoms with Crippen molar-refractivity contribution in [1.82, 2.24) is 15.0 Å². The van der Waals surface area contributed by atoms with E-state index in [1.54, 1.807) is 0 Å². The molecule has 1 aromatic rings. The van der Waals surface area contributed by atoms with Crippen molar-refractivity contribution >= 4 is 44.4 Å². The first kappa shape index (κ1) is 9.75. The summed E-state index contributed by atoms with van der Waals surface area (Å²) in [7, 11) is 0. The molecule has 0 bridgehead atoms. The molecule has 0 amide bonds. The average Bonchev–Trinajstić information content (AvgIpc) is 2.16. The van der Waals surface area contributed by atoms with Gasteiger partial charge in [0.1, 0.15) is 11.9 Å². The molecule has 0 atom stereocenters. The standard InChI is InChI=1S/C3Br2ClN3O3/c4-10-1-7-2(11-5)9-3(8-1)12-6. The van der Waals surface area contributed by atoms with E-state index in [2.05, 4.69) is 59.4 Å². The lowest BCUT2D eigenvalue weighted by Crippen LogP contribution is -1.95. The van der Waals surface area contributed by atoms with Gasteiger partial charge in [-0.1, -0.05) is 0 Å². The second-order valence-corrected chi connectivity index (χ2v) is 2.22. The molecule has 0 aliphatic heterocycles. The van der Waals surface area contributed by atoms with Crippen LogP contribution in [0.5, 0.6) is 18.0 Å². The second-order valence-electron chi connectivity index (χ2n) is 1.41. The zero-order valence-electron chi connectivity index (χ0n) is 5.20. The van der Waals surface area contributed by atoms with Gasteiger partial charge in [0.25, 0.3) is 0 Å². The van der Waals surface area contributed by atoms with E-state index in [9.17, 15) is 0 Å². The maximum Gasteiger partial charge on any atom is 0.344 e. The summed E-state index contributed by atoms with van der Waals surface area (Å²) in [6, 6.07) is -0.194. The Bertz CT molecular complexity index is 220. The average molecular weight is 321 g/mol. The summed E-state index contributed by atoms with van der Waals surface area (Å²) < 4.78 is 13.2. The highest BCUT2D eigenvalue weighted by Gasteiger charge is 2.08. The van der Waals surface area contributed by atoms with Crippen molar-refractivity contribution < 1.29 is 11.9 Å². The van der Waals surface area contributed by atoms with Gasteiger partial charge in [0.05, 0.1) is 0 Å². The summed E-state index contributed by atoms with van der Waals surface area (Å²) in [6.07, 6.45) is 0. The van der Waals surface area contributed by atoms with E-state index >= 15 is 0 Å². The number of halogens is 3. The van der Waals surface area contributed by atoms with Crippen molar-refractivity contribution in [3.8, 4) is 18.0 Å². The molecule has 0 aliphatic carbocycles. The molecule has 9 heteroatoms. The van der Waals surface area contributed by atoms with Gasteiger partial charge in [0.15, 0.2) is 32.5 Å². The van der Waals surface area contributed by atoms with Crippen LogP contribution in [0.25, 0.3) is 0 Å². The summed E-state index contributed by atoms with van der Waals surface area (Å²) in [4.78, 5) is 10.8. The van der Waals surface area contributed by atoms with Crippen LogP contribution >= 0.6 is 44.4 Å². The Balaban J connectivity index is 3.01. The maximum atomic E-state index is 4.99. The molecule has 0 aromatic carbocycles. The molecule has 0 fully saturated rings. The van der Waals surface area contributed by atoms with Crippen LogP contribution < -0.4 is 11.9 Å². The second kappa shape index (κ2) is 4.63. The van der Waals surface area contributed by atoms with Crippen LogP contribution in [0.2, 0.25) is 0 Å². The molecule has 1 rings (SSSR count). The van der Waals surface area contributed by atoms with Gasteiger partial charge < -0.3 is 11.9 Å². The van der Waals surface area contributed by atoms with Crippen LogP contribution in [-0.4, -0.2) is 15.0 Å². The molecule has 0 radical (unpaired) electrons. The van der Waals surface area contributed by atoms with Crippen molar-refractivity contribution in [2.45, 2.75) is 0 Å². The van der Waals surface area contributed by atoms with Gasteiger partial charge in [-0.05, 0) is 0 Å². The van der Waals surface area contributed by atoms with Crippen molar-refractivity contribution in [3.05, 3.63) is 0 Å². The molecule has 0 saturated heterocycles. The fourth-order valence-corrected chi connectivity index (χ4v) is 0.783. The SMILES string of the molecule is ClOc1nc(OBr)nc(OBr)n1. The molecule has 1 aromatic heterocycles. The van der Waals surface area contributed by atoms with Gasteiger partial charge in [-0.2, -0.15) is 0 Å². The predicted octanol–water partition coefficient (Wildman–Crippen LogP) is 1.78. The van der Waals surface area contributed by atoms with Crippen LogP contribution in [-0.2, 0) is 0 Å². The van der Waals surface area contributed by atoms with Crippen LogP contribution in [0.15, 0.2) is 0 Å². The number of hydrogen-bond donors (Lipinski definition) is 0. The monoisotopic (exact) mass is 319 g/mol. The smallest absolute Gasteiger partial charge is 0.344 e. The first-order valence-corrected chi connectivity index (χ1v) is 4.02. The molecule has 0 spiro atoms. The molecule has 66 valence electrons. The van der Waals surface area contributed by atoms with E-state index in [0.717, 1.165) is 0 Å². The summed E-state index contributed by atoms with van der Waals surface area (Å²) in [5.41, 5.74) is 0. The minimum Gasteiger partial charge on any atom is -0.381 e. The lowest BCUT2D eigenvalue weighted by molar-refractivity contribution is 0.487. The Morgan fingerprint density at radius 3 is 1.67 bits per heavy atom. The number of rotatable bonds is 3. The first-order valence-electron chi connectivity index (χ1n) is 2.42. The molecule has 6 nitrogen and oxygen atoms in total. The van der Waals surface area contributed by atoms with Crippen LogP contribution in [0.3, 0.4) is 0 Å². The first-order chi connectivity index (χ1) is 5.80. The third-order valence-corrected chi connectivity index (χ3v) is 1.50. The zero-order chi connectivity index (χ0) is 8.97. The van der Waals surface area contributed by atoms with E-state index in [0.29, 0.717) is 0 Å². The van der Waals surface area contributed by atoms with Crippen LogP contribution in [0.1, 0.15) is 0 Å². The Labute approximate surface area is 89.3 Å². The lowest BCUT2D eigenvalue weighted by Gasteiger charge is -1.98. The Morgan fingerprint density at radius 2 is 1.33 bits per heavy atom. The number of hydrogen-bond acceptors (Lipinski definition) is 6. The fourth-order valence-electron chi connectivity index (χ4n) is 0.424. The van der Waals surface area contributed by atoms with Gasteiger partial charge in [-0.15, -0.1) is 15.0 Å². The molecule has 12 heavy (non-hydrogen) atoms. The quantitative estimate of drug-likeness (QED) is 0.845. The molecule has 0 aliphatic rings. The highest BCUT2D eigenvalue weighted by atomic mass is 79.9. The van der Waals surface area contributed by atoms with Crippen LogP contribution in [0.4, 0.5) is 0 Å². The van der Waals surface area contributed by atoms with Crippen LogP contribution in [0, 0.1) is 0 Å². The van der Waals surface area contributed by atoms with E-state index in [-0.39, 0.29) is 18.0 Å². The molecule has 0 unspecified atom stereocenters. The Morgan fingerprint density at radius 1 is 0.917 bits per heavy atom. The summed E-state index contributed by atoms with van der Waals surface area (Å²) >= 11 is 10.3. The van der Waals surface area contributed by atoms with Crippen molar-refractivity contribution in [3.63, 3.8) is 0 Å². The minimum absolute atomic E-state index is 0.0323. The molecular weight excluding hydrogens is 321 g/mol. The van der Waals surface area contributed by atoms with E-state index < -0.39 is 0 Å². The normalized spacial score (nSPS) is 9.25. The van der Waals surface area contributed by atoms with Gasteiger partial charge in [-0.3, -0.25) is 0 Å². The van der Waals surface area contributed by atoms with E-state index in [1.807, 2.05) is 0 Å². The fraction of sp³-hybridized carbons (Fsp3) is 0. The molecule has 0 saturated carbocycles. The van der Waals surface area contributed by atoms with Gasteiger partial charge in [0.2, 0.25) is 0 Å². The minimum atomic E-state index is -0.129. The maximum absolute atomic E-state index is 4.99. The van der Waals surface area contributed by atoms with Crippen molar-refractivity contribution in [1.29, 1.82) is 0 Å². The Kier molecular flexibility index (Phi) is 3.76.